The number of likely N-dealkylation sites (N-methyl/N-ethyl adjacent to an activating group) is 1. The zero-order chi connectivity index (χ0) is 15.8. The van der Waals surface area contributed by atoms with Crippen LogP contribution in [0.2, 0.25) is 0 Å². The molecule has 1 amide bonds. The SMILES string of the molecule is CC1CN(C(=O)c2ccc(C(C)(C)C)cc2)CC(C)N1C. The van der Waals surface area contributed by atoms with E-state index in [1.165, 1.54) is 5.56 Å². The number of amides is 1. The van der Waals surface area contributed by atoms with Gasteiger partial charge in [0.05, 0.1) is 0 Å². The molecule has 2 rings (SSSR count). The molecule has 1 aliphatic rings. The maximum absolute atomic E-state index is 12.7. The van der Waals surface area contributed by atoms with Gasteiger partial charge in [0.1, 0.15) is 0 Å². The molecule has 21 heavy (non-hydrogen) atoms. The fourth-order valence-electron chi connectivity index (χ4n) is 2.87. The number of carbonyl (C=O) groups is 1. The predicted molar refractivity (Wildman–Crippen MR) is 87.7 cm³/mol. The van der Waals surface area contributed by atoms with E-state index in [0.717, 1.165) is 18.7 Å². The van der Waals surface area contributed by atoms with Crippen molar-refractivity contribution in [1.82, 2.24) is 9.80 Å². The van der Waals surface area contributed by atoms with Gasteiger partial charge < -0.3 is 4.90 Å². The molecular weight excluding hydrogens is 260 g/mol. The summed E-state index contributed by atoms with van der Waals surface area (Å²) in [7, 11) is 2.13. The summed E-state index contributed by atoms with van der Waals surface area (Å²) in [5, 5.41) is 0. The number of rotatable bonds is 1. The highest BCUT2D eigenvalue weighted by Gasteiger charge is 2.29. The lowest BCUT2D eigenvalue weighted by Gasteiger charge is -2.42. The molecule has 1 fully saturated rings. The highest BCUT2D eigenvalue weighted by Crippen LogP contribution is 2.23. The van der Waals surface area contributed by atoms with E-state index in [4.69, 9.17) is 0 Å². The van der Waals surface area contributed by atoms with Crippen LogP contribution in [0.4, 0.5) is 0 Å². The maximum Gasteiger partial charge on any atom is 0.253 e. The van der Waals surface area contributed by atoms with Gasteiger partial charge in [0.2, 0.25) is 0 Å². The molecule has 1 aliphatic heterocycles. The Labute approximate surface area is 128 Å². The lowest BCUT2D eigenvalue weighted by molar-refractivity contribution is 0.0414. The van der Waals surface area contributed by atoms with Crippen molar-refractivity contribution in [2.75, 3.05) is 20.1 Å². The van der Waals surface area contributed by atoms with Crippen LogP contribution in [0, 0.1) is 0 Å². The van der Waals surface area contributed by atoms with E-state index >= 15 is 0 Å². The van der Waals surface area contributed by atoms with E-state index in [9.17, 15) is 4.79 Å². The van der Waals surface area contributed by atoms with Crippen molar-refractivity contribution in [3.8, 4) is 0 Å². The van der Waals surface area contributed by atoms with Crippen molar-refractivity contribution in [3.05, 3.63) is 35.4 Å². The van der Waals surface area contributed by atoms with Crippen LogP contribution in [0.3, 0.4) is 0 Å². The molecule has 0 radical (unpaired) electrons. The number of nitrogens with zero attached hydrogens (tertiary/aromatic N) is 2. The number of carbonyl (C=O) groups excluding carboxylic acids is 1. The summed E-state index contributed by atoms with van der Waals surface area (Å²) in [6, 6.07) is 8.91. The van der Waals surface area contributed by atoms with Crippen LogP contribution in [0.15, 0.2) is 24.3 Å². The normalized spacial score (nSPS) is 24.2. The van der Waals surface area contributed by atoms with E-state index in [1.54, 1.807) is 0 Å². The molecule has 3 nitrogen and oxygen atoms in total. The van der Waals surface area contributed by atoms with E-state index < -0.39 is 0 Å². The highest BCUT2D eigenvalue weighted by molar-refractivity contribution is 5.94. The molecule has 3 heteroatoms. The molecule has 1 saturated heterocycles. The minimum atomic E-state index is 0.123. The molecule has 1 heterocycles. The van der Waals surface area contributed by atoms with Crippen LogP contribution in [0.1, 0.15) is 50.5 Å². The Balaban J connectivity index is 2.13. The summed E-state index contributed by atoms with van der Waals surface area (Å²) >= 11 is 0. The third-order valence-corrected chi connectivity index (χ3v) is 4.64. The van der Waals surface area contributed by atoms with Crippen LogP contribution in [-0.2, 0) is 5.41 Å². The lowest BCUT2D eigenvalue weighted by atomic mass is 9.86. The molecule has 0 spiro atoms. The average molecular weight is 288 g/mol. The van der Waals surface area contributed by atoms with E-state index in [-0.39, 0.29) is 11.3 Å². The van der Waals surface area contributed by atoms with Gasteiger partial charge in [0, 0.05) is 30.7 Å². The maximum atomic E-state index is 12.7. The van der Waals surface area contributed by atoms with Crippen LogP contribution >= 0.6 is 0 Å². The Kier molecular flexibility index (Phi) is 4.43. The fourth-order valence-corrected chi connectivity index (χ4v) is 2.87. The number of hydrogen-bond donors (Lipinski definition) is 0. The minimum Gasteiger partial charge on any atom is -0.336 e. The van der Waals surface area contributed by atoms with Gasteiger partial charge in [-0.1, -0.05) is 32.9 Å². The molecule has 0 saturated carbocycles. The standard InChI is InChI=1S/C18H28N2O/c1-13-11-20(12-14(2)19(13)6)17(21)15-7-9-16(10-8-15)18(3,4)5/h7-10,13-14H,11-12H2,1-6H3. The third-order valence-electron chi connectivity index (χ3n) is 4.64. The predicted octanol–water partition coefficient (Wildman–Crippen LogP) is 3.15. The molecule has 0 bridgehead atoms. The monoisotopic (exact) mass is 288 g/mol. The van der Waals surface area contributed by atoms with Gasteiger partial charge in [-0.2, -0.15) is 0 Å². The molecule has 116 valence electrons. The summed E-state index contributed by atoms with van der Waals surface area (Å²) in [5.74, 6) is 0.155. The lowest BCUT2D eigenvalue weighted by Crippen LogP contribution is -2.56. The molecule has 2 unspecified atom stereocenters. The third kappa shape index (κ3) is 3.46. The Morgan fingerprint density at radius 1 is 1.05 bits per heavy atom. The van der Waals surface area contributed by atoms with E-state index in [0.29, 0.717) is 12.1 Å². The quantitative estimate of drug-likeness (QED) is 0.792. The van der Waals surface area contributed by atoms with E-state index in [1.807, 2.05) is 17.0 Å². The average Bonchev–Trinajstić information content (AvgIpc) is 2.42. The first-order valence-corrected chi connectivity index (χ1v) is 7.82. The minimum absolute atomic E-state index is 0.123. The van der Waals surface area contributed by atoms with Crippen molar-refractivity contribution in [2.45, 2.75) is 52.1 Å². The zero-order valence-corrected chi connectivity index (χ0v) is 14.2. The Morgan fingerprint density at radius 2 is 1.52 bits per heavy atom. The van der Waals surface area contributed by atoms with Crippen LogP contribution in [0.5, 0.6) is 0 Å². The number of piperazine rings is 1. The summed E-state index contributed by atoms with van der Waals surface area (Å²) in [5.41, 5.74) is 2.18. The van der Waals surface area contributed by atoms with Gasteiger partial charge >= 0.3 is 0 Å². The molecule has 2 atom stereocenters. The summed E-state index contributed by atoms with van der Waals surface area (Å²) in [4.78, 5) is 17.0. The van der Waals surface area contributed by atoms with Gasteiger partial charge in [-0.05, 0) is 44.0 Å². The van der Waals surface area contributed by atoms with Crippen molar-refractivity contribution in [2.24, 2.45) is 0 Å². The van der Waals surface area contributed by atoms with Crippen LogP contribution < -0.4 is 0 Å². The zero-order valence-electron chi connectivity index (χ0n) is 14.2. The second kappa shape index (κ2) is 5.80. The highest BCUT2D eigenvalue weighted by atomic mass is 16.2. The van der Waals surface area contributed by atoms with Gasteiger partial charge in [-0.15, -0.1) is 0 Å². The van der Waals surface area contributed by atoms with E-state index in [2.05, 4.69) is 58.7 Å². The first-order chi connectivity index (χ1) is 9.70. The van der Waals surface area contributed by atoms with Crippen LogP contribution in [-0.4, -0.2) is 47.9 Å². The first kappa shape index (κ1) is 16.0. The summed E-state index contributed by atoms with van der Waals surface area (Å²) in [6.45, 7) is 12.5. The molecule has 0 aromatic heterocycles. The van der Waals surface area contributed by atoms with Gasteiger partial charge in [0.25, 0.3) is 5.91 Å². The van der Waals surface area contributed by atoms with Gasteiger partial charge in [0.15, 0.2) is 0 Å². The van der Waals surface area contributed by atoms with Crippen molar-refractivity contribution < 1.29 is 4.79 Å². The molecule has 1 aromatic rings. The Hall–Kier alpha value is -1.35. The largest absolute Gasteiger partial charge is 0.336 e. The van der Waals surface area contributed by atoms with Crippen LogP contribution in [0.25, 0.3) is 0 Å². The Morgan fingerprint density at radius 3 is 1.95 bits per heavy atom. The number of hydrogen-bond acceptors (Lipinski definition) is 2. The smallest absolute Gasteiger partial charge is 0.253 e. The van der Waals surface area contributed by atoms with Gasteiger partial charge in [-0.3, -0.25) is 9.69 Å². The van der Waals surface area contributed by atoms with Crippen molar-refractivity contribution >= 4 is 5.91 Å². The van der Waals surface area contributed by atoms with Crippen molar-refractivity contribution in [1.29, 1.82) is 0 Å². The van der Waals surface area contributed by atoms with Crippen molar-refractivity contribution in [3.63, 3.8) is 0 Å². The molecule has 0 aliphatic carbocycles. The Bertz CT molecular complexity index is 489. The first-order valence-electron chi connectivity index (χ1n) is 7.82. The number of benzene rings is 1. The molecule has 1 aromatic carbocycles. The summed E-state index contributed by atoms with van der Waals surface area (Å²) < 4.78 is 0. The topological polar surface area (TPSA) is 23.6 Å². The summed E-state index contributed by atoms with van der Waals surface area (Å²) in [6.07, 6.45) is 0. The second-order valence-electron chi connectivity index (χ2n) is 7.40. The van der Waals surface area contributed by atoms with Gasteiger partial charge in [-0.25, -0.2) is 0 Å². The molecule has 0 N–H and O–H groups in total. The second-order valence-corrected chi connectivity index (χ2v) is 7.40. The molecular formula is C18H28N2O. The fraction of sp³-hybridized carbons (Fsp3) is 0.611.